The fourth-order valence-corrected chi connectivity index (χ4v) is 1.79. The summed E-state index contributed by atoms with van der Waals surface area (Å²) in [5.74, 6) is 0.880. The summed E-state index contributed by atoms with van der Waals surface area (Å²) in [5, 5.41) is 0. The molecule has 0 spiro atoms. The molecule has 0 aromatic carbocycles. The van der Waals surface area contributed by atoms with Crippen LogP contribution in [0.15, 0.2) is 16.4 Å². The van der Waals surface area contributed by atoms with Gasteiger partial charge in [-0.05, 0) is 19.4 Å². The lowest BCUT2D eigenvalue weighted by molar-refractivity contribution is -0.0205. The molecule has 0 atom stereocenters. The van der Waals surface area contributed by atoms with E-state index in [2.05, 4.69) is 30.7 Å². The first-order valence-corrected chi connectivity index (χ1v) is 6.46. The molecule has 0 saturated carbocycles. The Labute approximate surface area is 105 Å². The number of likely N-dealkylation sites (tertiary alicyclic amines) is 1. The van der Waals surface area contributed by atoms with E-state index in [1.165, 1.54) is 0 Å². The van der Waals surface area contributed by atoms with Crippen LogP contribution < -0.4 is 5.73 Å². The molecule has 0 bridgehead atoms. The topological polar surface area (TPSA) is 50.9 Å². The van der Waals surface area contributed by atoms with Crippen molar-refractivity contribution >= 4 is 6.21 Å². The van der Waals surface area contributed by atoms with Crippen molar-refractivity contribution in [1.82, 2.24) is 4.90 Å². The Morgan fingerprint density at radius 1 is 1.47 bits per heavy atom. The molecule has 17 heavy (non-hydrogen) atoms. The Bertz CT molecular complexity index is 291. The molecule has 0 amide bonds. The lowest BCUT2D eigenvalue weighted by Crippen LogP contribution is -2.52. The lowest BCUT2D eigenvalue weighted by atomic mass is 10.1. The quantitative estimate of drug-likeness (QED) is 0.566. The highest BCUT2D eigenvalue weighted by Gasteiger charge is 2.27. The fraction of sp³-hybridized carbons (Fsp3) is 0.769. The number of nitrogens with two attached hydrogens (primary N) is 1. The Hall–Kier alpha value is -1.03. The third-order valence-electron chi connectivity index (χ3n) is 2.98. The molecular weight excluding hydrogens is 214 g/mol. The Morgan fingerprint density at radius 3 is 2.59 bits per heavy atom. The molecule has 0 radical (unpaired) electrons. The second kappa shape index (κ2) is 6.64. The summed E-state index contributed by atoms with van der Waals surface area (Å²) in [6.07, 6.45) is 2.09. The first-order chi connectivity index (χ1) is 8.08. The van der Waals surface area contributed by atoms with Crippen molar-refractivity contribution in [2.45, 2.75) is 33.8 Å². The molecule has 1 fully saturated rings. The number of ether oxygens (including phenoxy) is 1. The van der Waals surface area contributed by atoms with Gasteiger partial charge in [0.2, 0.25) is 0 Å². The molecule has 0 aliphatic carbocycles. The molecular formula is C13H25N3O. The summed E-state index contributed by atoms with van der Waals surface area (Å²) in [4.78, 5) is 6.57. The van der Waals surface area contributed by atoms with E-state index in [-0.39, 0.29) is 6.10 Å². The number of aliphatic imine (C=N–C) groups is 1. The number of hydrogen-bond donors (Lipinski definition) is 1. The molecule has 1 aliphatic heterocycles. The number of allylic oxidation sites excluding steroid dienone is 1. The molecule has 2 N–H and O–H groups in total. The third kappa shape index (κ3) is 4.04. The second-order valence-corrected chi connectivity index (χ2v) is 4.69. The predicted octanol–water partition coefficient (Wildman–Crippen LogP) is 1.62. The normalized spacial score (nSPS) is 19.6. The summed E-state index contributed by atoms with van der Waals surface area (Å²) in [6.45, 7) is 12.2. The summed E-state index contributed by atoms with van der Waals surface area (Å²) < 4.78 is 5.76. The van der Waals surface area contributed by atoms with Gasteiger partial charge in [0.25, 0.3) is 0 Å². The first-order valence-electron chi connectivity index (χ1n) is 6.46. The molecule has 1 rings (SSSR count). The molecule has 4 heteroatoms. The van der Waals surface area contributed by atoms with Gasteiger partial charge in [0.15, 0.2) is 5.88 Å². The largest absolute Gasteiger partial charge is 0.473 e. The van der Waals surface area contributed by atoms with Crippen molar-refractivity contribution in [3.8, 4) is 0 Å². The molecule has 1 heterocycles. The van der Waals surface area contributed by atoms with Crippen LogP contribution in [0.5, 0.6) is 0 Å². The number of likely N-dealkylation sites (N-methyl/N-ethyl adjacent to an activating group) is 1. The molecule has 1 saturated heterocycles. The maximum Gasteiger partial charge on any atom is 0.189 e. The van der Waals surface area contributed by atoms with E-state index in [1.807, 2.05) is 13.1 Å². The van der Waals surface area contributed by atoms with Crippen LogP contribution in [0.1, 0.15) is 27.7 Å². The van der Waals surface area contributed by atoms with Crippen molar-refractivity contribution in [3.63, 3.8) is 0 Å². The average Bonchev–Trinajstić information content (AvgIpc) is 2.22. The smallest absolute Gasteiger partial charge is 0.189 e. The minimum atomic E-state index is 0.249. The summed E-state index contributed by atoms with van der Waals surface area (Å²) in [6, 6.07) is 0. The maximum absolute atomic E-state index is 6.00. The number of hydrogen-bond acceptors (Lipinski definition) is 4. The van der Waals surface area contributed by atoms with Crippen LogP contribution in [0.25, 0.3) is 0 Å². The molecule has 1 aliphatic rings. The highest BCUT2D eigenvalue weighted by atomic mass is 16.5. The van der Waals surface area contributed by atoms with Crippen molar-refractivity contribution < 1.29 is 4.74 Å². The zero-order valence-corrected chi connectivity index (χ0v) is 11.4. The molecule has 4 nitrogen and oxygen atoms in total. The van der Waals surface area contributed by atoms with E-state index in [4.69, 9.17) is 10.5 Å². The highest BCUT2D eigenvalue weighted by Crippen LogP contribution is 2.17. The van der Waals surface area contributed by atoms with Gasteiger partial charge in [0.05, 0.1) is 0 Å². The fourth-order valence-electron chi connectivity index (χ4n) is 1.79. The van der Waals surface area contributed by atoms with Gasteiger partial charge in [-0.2, -0.15) is 0 Å². The van der Waals surface area contributed by atoms with E-state index in [9.17, 15) is 0 Å². The lowest BCUT2D eigenvalue weighted by Gasteiger charge is -2.38. The molecule has 0 aromatic heterocycles. The van der Waals surface area contributed by atoms with Gasteiger partial charge < -0.3 is 10.5 Å². The van der Waals surface area contributed by atoms with Gasteiger partial charge in [0.1, 0.15) is 6.10 Å². The van der Waals surface area contributed by atoms with Gasteiger partial charge in [-0.25, -0.2) is 0 Å². The summed E-state index contributed by atoms with van der Waals surface area (Å²) in [7, 11) is 0. The van der Waals surface area contributed by atoms with E-state index in [0.29, 0.717) is 11.8 Å². The van der Waals surface area contributed by atoms with Crippen molar-refractivity contribution in [1.29, 1.82) is 0 Å². The second-order valence-electron chi connectivity index (χ2n) is 4.69. The van der Waals surface area contributed by atoms with Crippen LogP contribution in [-0.2, 0) is 4.74 Å². The van der Waals surface area contributed by atoms with Crippen LogP contribution >= 0.6 is 0 Å². The highest BCUT2D eigenvalue weighted by molar-refractivity contribution is 5.79. The minimum absolute atomic E-state index is 0.249. The van der Waals surface area contributed by atoms with Gasteiger partial charge >= 0.3 is 0 Å². The molecule has 0 unspecified atom stereocenters. The summed E-state index contributed by atoms with van der Waals surface area (Å²) >= 11 is 0. The summed E-state index contributed by atoms with van der Waals surface area (Å²) in [5.41, 5.74) is 7.01. The SMILES string of the molecule is CCN=CC(=C(N)OC1CN(CC)C1)C(C)C. The Balaban J connectivity index is 2.56. The third-order valence-corrected chi connectivity index (χ3v) is 2.98. The van der Waals surface area contributed by atoms with Gasteiger partial charge in [-0.1, -0.05) is 20.8 Å². The molecule has 98 valence electrons. The van der Waals surface area contributed by atoms with E-state index < -0.39 is 0 Å². The van der Waals surface area contributed by atoms with Crippen molar-refractivity contribution in [3.05, 3.63) is 11.5 Å². The zero-order valence-electron chi connectivity index (χ0n) is 11.4. The van der Waals surface area contributed by atoms with Gasteiger partial charge in [-0.15, -0.1) is 0 Å². The van der Waals surface area contributed by atoms with E-state index in [1.54, 1.807) is 0 Å². The van der Waals surface area contributed by atoms with Crippen LogP contribution in [0.4, 0.5) is 0 Å². The molecule has 0 aromatic rings. The van der Waals surface area contributed by atoms with E-state index in [0.717, 1.165) is 31.8 Å². The minimum Gasteiger partial charge on any atom is -0.473 e. The van der Waals surface area contributed by atoms with Crippen LogP contribution in [-0.4, -0.2) is 43.4 Å². The van der Waals surface area contributed by atoms with Gasteiger partial charge in [0, 0.05) is 31.4 Å². The van der Waals surface area contributed by atoms with Gasteiger partial charge in [-0.3, -0.25) is 9.89 Å². The standard InChI is InChI=1S/C13H25N3O/c1-5-15-7-12(10(3)4)13(14)17-11-8-16(6-2)9-11/h7,10-11H,5-6,8-9,14H2,1-4H3. The van der Waals surface area contributed by atoms with Crippen molar-refractivity contribution in [2.24, 2.45) is 16.6 Å². The monoisotopic (exact) mass is 239 g/mol. The van der Waals surface area contributed by atoms with Crippen LogP contribution in [0.2, 0.25) is 0 Å². The van der Waals surface area contributed by atoms with Crippen LogP contribution in [0.3, 0.4) is 0 Å². The van der Waals surface area contributed by atoms with Crippen molar-refractivity contribution in [2.75, 3.05) is 26.2 Å². The zero-order chi connectivity index (χ0) is 12.8. The first kappa shape index (κ1) is 14.0. The number of nitrogens with zero attached hydrogens (tertiary/aromatic N) is 2. The average molecular weight is 239 g/mol. The Morgan fingerprint density at radius 2 is 2.12 bits per heavy atom. The van der Waals surface area contributed by atoms with E-state index >= 15 is 0 Å². The maximum atomic E-state index is 6.00. The predicted molar refractivity (Wildman–Crippen MR) is 72.1 cm³/mol. The Kier molecular flexibility index (Phi) is 5.48. The van der Waals surface area contributed by atoms with Crippen LogP contribution in [0, 0.1) is 5.92 Å². The number of rotatable bonds is 6.